The van der Waals surface area contributed by atoms with E-state index in [-0.39, 0.29) is 0 Å². The number of benzene rings is 1. The molecule has 2 heteroatoms. The zero-order valence-electron chi connectivity index (χ0n) is 7.89. The maximum absolute atomic E-state index is 8.48. The van der Waals surface area contributed by atoms with Crippen LogP contribution in [0.25, 0.3) is 0 Å². The summed E-state index contributed by atoms with van der Waals surface area (Å²) in [6, 6.07) is 6.30. The van der Waals surface area contributed by atoms with Crippen molar-refractivity contribution in [3.63, 3.8) is 0 Å². The summed E-state index contributed by atoms with van der Waals surface area (Å²) in [5, 5.41) is 8.48. The van der Waals surface area contributed by atoms with Crippen molar-refractivity contribution in [2.75, 3.05) is 0 Å². The van der Waals surface area contributed by atoms with Crippen molar-refractivity contribution in [2.45, 2.75) is 26.7 Å². The minimum atomic E-state index is 0.599. The van der Waals surface area contributed by atoms with Crippen molar-refractivity contribution in [3.05, 3.63) is 33.3 Å². The van der Waals surface area contributed by atoms with Gasteiger partial charge in [-0.25, -0.2) is 0 Å². The molecule has 0 aliphatic rings. The minimum Gasteiger partial charge on any atom is -0.198 e. The predicted octanol–water partition coefficient (Wildman–Crippen LogP) is 3.52. The van der Waals surface area contributed by atoms with E-state index < -0.39 is 0 Å². The second-order valence-corrected chi connectivity index (χ2v) is 3.97. The fourth-order valence-electron chi connectivity index (χ4n) is 1.31. The first-order valence-electron chi connectivity index (χ1n) is 4.28. The molecule has 13 heavy (non-hydrogen) atoms. The summed E-state index contributed by atoms with van der Waals surface area (Å²) < 4.78 is 1.14. The van der Waals surface area contributed by atoms with Gasteiger partial charge in [0.05, 0.1) is 6.07 Å². The summed E-state index contributed by atoms with van der Waals surface area (Å²) >= 11 is 3.48. The van der Waals surface area contributed by atoms with Gasteiger partial charge in [0.15, 0.2) is 0 Å². The van der Waals surface area contributed by atoms with Crippen LogP contribution in [0, 0.1) is 25.2 Å². The smallest absolute Gasteiger partial charge is 0.0625 e. The van der Waals surface area contributed by atoms with Gasteiger partial charge in [-0.1, -0.05) is 22.0 Å². The summed E-state index contributed by atoms with van der Waals surface area (Å²) in [7, 11) is 0. The topological polar surface area (TPSA) is 23.8 Å². The van der Waals surface area contributed by atoms with Crippen LogP contribution >= 0.6 is 15.9 Å². The van der Waals surface area contributed by atoms with Crippen molar-refractivity contribution < 1.29 is 0 Å². The molecule has 0 aliphatic heterocycles. The van der Waals surface area contributed by atoms with E-state index in [1.807, 2.05) is 0 Å². The van der Waals surface area contributed by atoms with Crippen LogP contribution in [0.4, 0.5) is 0 Å². The van der Waals surface area contributed by atoms with Crippen LogP contribution in [0.15, 0.2) is 16.6 Å². The quantitative estimate of drug-likeness (QED) is 0.773. The lowest BCUT2D eigenvalue weighted by atomic mass is 10.0. The van der Waals surface area contributed by atoms with E-state index in [0.717, 1.165) is 10.9 Å². The van der Waals surface area contributed by atoms with Gasteiger partial charge >= 0.3 is 0 Å². The van der Waals surface area contributed by atoms with E-state index >= 15 is 0 Å². The van der Waals surface area contributed by atoms with Gasteiger partial charge in [0.25, 0.3) is 0 Å². The largest absolute Gasteiger partial charge is 0.198 e. The Bertz CT molecular complexity index is 350. The van der Waals surface area contributed by atoms with E-state index in [9.17, 15) is 0 Å². The highest BCUT2D eigenvalue weighted by Crippen LogP contribution is 2.23. The monoisotopic (exact) mass is 237 g/mol. The highest BCUT2D eigenvalue weighted by atomic mass is 79.9. The number of hydrogen-bond donors (Lipinski definition) is 0. The molecule has 0 unspecified atom stereocenters. The molecule has 0 spiro atoms. The molecule has 1 aromatic carbocycles. The number of aryl methyl sites for hydroxylation is 1. The van der Waals surface area contributed by atoms with Gasteiger partial charge in [0, 0.05) is 10.9 Å². The van der Waals surface area contributed by atoms with E-state index in [4.69, 9.17) is 5.26 Å². The molecule has 0 fully saturated rings. The summed E-state index contributed by atoms with van der Waals surface area (Å²) in [5.74, 6) is 0. The number of nitriles is 1. The predicted molar refractivity (Wildman–Crippen MR) is 57.6 cm³/mol. The van der Waals surface area contributed by atoms with Crippen LogP contribution < -0.4 is 0 Å². The lowest BCUT2D eigenvalue weighted by molar-refractivity contribution is 0.989. The van der Waals surface area contributed by atoms with Gasteiger partial charge in [-0.3, -0.25) is 0 Å². The lowest BCUT2D eigenvalue weighted by Gasteiger charge is -2.08. The summed E-state index contributed by atoms with van der Waals surface area (Å²) in [5.41, 5.74) is 3.85. The summed E-state index contributed by atoms with van der Waals surface area (Å²) in [6.45, 7) is 4.20. The third kappa shape index (κ3) is 2.32. The Kier molecular flexibility index (Phi) is 3.50. The number of nitrogens with zero attached hydrogens (tertiary/aromatic N) is 1. The summed E-state index contributed by atoms with van der Waals surface area (Å²) in [6.07, 6.45) is 1.46. The van der Waals surface area contributed by atoms with Crippen LogP contribution in [0.3, 0.4) is 0 Å². The Morgan fingerprint density at radius 3 is 2.62 bits per heavy atom. The molecule has 1 aromatic rings. The first-order chi connectivity index (χ1) is 6.16. The Morgan fingerprint density at radius 2 is 2.00 bits per heavy atom. The first-order valence-corrected chi connectivity index (χ1v) is 5.07. The van der Waals surface area contributed by atoms with E-state index in [1.54, 1.807) is 0 Å². The molecule has 0 heterocycles. The van der Waals surface area contributed by atoms with Crippen LogP contribution in [-0.2, 0) is 6.42 Å². The maximum Gasteiger partial charge on any atom is 0.0625 e. The average Bonchev–Trinajstić information content (AvgIpc) is 2.13. The standard InChI is InChI=1S/C11H12BrN/c1-8-9(2)11(12)6-5-10(8)4-3-7-13/h5-6H,3-4H2,1-2H3. The Labute approximate surface area is 87.5 Å². The van der Waals surface area contributed by atoms with E-state index in [1.165, 1.54) is 16.7 Å². The molecule has 0 aliphatic carbocycles. The normalized spacial score (nSPS) is 9.69. The zero-order valence-corrected chi connectivity index (χ0v) is 9.48. The average molecular weight is 238 g/mol. The van der Waals surface area contributed by atoms with Crippen molar-refractivity contribution in [2.24, 2.45) is 0 Å². The third-order valence-corrected chi connectivity index (χ3v) is 3.20. The van der Waals surface area contributed by atoms with Crippen molar-refractivity contribution >= 4 is 15.9 Å². The molecular weight excluding hydrogens is 226 g/mol. The summed E-state index contributed by atoms with van der Waals surface area (Å²) in [4.78, 5) is 0. The molecule has 0 saturated heterocycles. The first kappa shape index (κ1) is 10.3. The van der Waals surface area contributed by atoms with Crippen LogP contribution in [-0.4, -0.2) is 0 Å². The molecule has 1 nitrogen and oxygen atoms in total. The van der Waals surface area contributed by atoms with Crippen molar-refractivity contribution in [3.8, 4) is 6.07 Å². The lowest BCUT2D eigenvalue weighted by Crippen LogP contribution is -1.92. The van der Waals surface area contributed by atoms with E-state index in [2.05, 4.69) is 48.0 Å². The Morgan fingerprint density at radius 1 is 1.31 bits per heavy atom. The number of rotatable bonds is 2. The van der Waals surface area contributed by atoms with Crippen LogP contribution in [0.5, 0.6) is 0 Å². The zero-order chi connectivity index (χ0) is 9.84. The van der Waals surface area contributed by atoms with Crippen LogP contribution in [0.2, 0.25) is 0 Å². The molecular formula is C11H12BrN. The van der Waals surface area contributed by atoms with E-state index in [0.29, 0.717) is 6.42 Å². The maximum atomic E-state index is 8.48. The second kappa shape index (κ2) is 4.43. The number of halogens is 1. The van der Waals surface area contributed by atoms with Gasteiger partial charge in [0.1, 0.15) is 0 Å². The van der Waals surface area contributed by atoms with Gasteiger partial charge in [0.2, 0.25) is 0 Å². The fraction of sp³-hybridized carbons (Fsp3) is 0.364. The second-order valence-electron chi connectivity index (χ2n) is 3.11. The Hall–Kier alpha value is -0.810. The molecule has 0 radical (unpaired) electrons. The molecule has 0 aromatic heterocycles. The highest BCUT2D eigenvalue weighted by Gasteiger charge is 2.03. The van der Waals surface area contributed by atoms with Gasteiger partial charge in [-0.15, -0.1) is 0 Å². The molecule has 0 atom stereocenters. The molecule has 1 rings (SSSR count). The molecule has 0 N–H and O–H groups in total. The SMILES string of the molecule is Cc1c(Br)ccc(CCC#N)c1C. The van der Waals surface area contributed by atoms with Crippen molar-refractivity contribution in [1.29, 1.82) is 5.26 Å². The van der Waals surface area contributed by atoms with Crippen molar-refractivity contribution in [1.82, 2.24) is 0 Å². The fourth-order valence-corrected chi connectivity index (χ4v) is 1.73. The van der Waals surface area contributed by atoms with Gasteiger partial charge < -0.3 is 0 Å². The molecule has 0 saturated carbocycles. The van der Waals surface area contributed by atoms with Gasteiger partial charge in [-0.05, 0) is 43.0 Å². The minimum absolute atomic E-state index is 0.599. The van der Waals surface area contributed by atoms with Crippen LogP contribution in [0.1, 0.15) is 23.1 Å². The van der Waals surface area contributed by atoms with Gasteiger partial charge in [-0.2, -0.15) is 5.26 Å². The Balaban J connectivity index is 2.98. The number of hydrogen-bond acceptors (Lipinski definition) is 1. The highest BCUT2D eigenvalue weighted by molar-refractivity contribution is 9.10. The molecule has 0 amide bonds. The molecule has 68 valence electrons. The molecule has 0 bridgehead atoms. The third-order valence-electron chi connectivity index (χ3n) is 2.34.